The van der Waals surface area contributed by atoms with E-state index in [1.807, 2.05) is 0 Å². The van der Waals surface area contributed by atoms with Gasteiger partial charge in [0.05, 0.1) is 18.0 Å². The number of nitrogens with two attached hydrogens (primary N) is 1. The fourth-order valence-corrected chi connectivity index (χ4v) is 3.07. The number of primary amides is 1. The van der Waals surface area contributed by atoms with Gasteiger partial charge in [-0.25, -0.2) is 0 Å². The zero-order chi connectivity index (χ0) is 20.7. The predicted molar refractivity (Wildman–Crippen MR) is 97.2 cm³/mol. The first-order valence-corrected chi connectivity index (χ1v) is 8.94. The largest absolute Gasteiger partial charge is 0.466 e. The Hall–Kier alpha value is -3.01. The number of non-ortho nitro benzene ring substituents is 1. The van der Waals surface area contributed by atoms with E-state index in [2.05, 4.69) is 5.32 Å². The van der Waals surface area contributed by atoms with Gasteiger partial charge in [0.15, 0.2) is 0 Å². The third kappa shape index (κ3) is 5.49. The number of hydrogen-bond donors (Lipinski definition) is 2. The van der Waals surface area contributed by atoms with Crippen LogP contribution in [0.2, 0.25) is 0 Å². The molecule has 3 atom stereocenters. The van der Waals surface area contributed by atoms with Gasteiger partial charge in [-0.15, -0.1) is 0 Å². The minimum Gasteiger partial charge on any atom is -0.466 e. The van der Waals surface area contributed by atoms with Gasteiger partial charge in [0.25, 0.3) is 5.69 Å². The molecule has 3 N–H and O–H groups in total. The van der Waals surface area contributed by atoms with Gasteiger partial charge in [-0.05, 0) is 25.3 Å². The van der Waals surface area contributed by atoms with E-state index in [1.54, 1.807) is 6.92 Å². The van der Waals surface area contributed by atoms with Crippen molar-refractivity contribution in [3.05, 3.63) is 39.9 Å². The molecule has 1 aliphatic heterocycles. The number of esters is 1. The highest BCUT2D eigenvalue weighted by Crippen LogP contribution is 2.27. The molecule has 10 heteroatoms. The average Bonchev–Trinajstić information content (AvgIpc) is 3.19. The lowest BCUT2D eigenvalue weighted by atomic mass is 9.87. The van der Waals surface area contributed by atoms with Crippen molar-refractivity contribution in [1.29, 1.82) is 0 Å². The van der Waals surface area contributed by atoms with Gasteiger partial charge >= 0.3 is 5.97 Å². The van der Waals surface area contributed by atoms with Crippen LogP contribution in [0.25, 0.3) is 0 Å². The van der Waals surface area contributed by atoms with Crippen LogP contribution in [0.5, 0.6) is 0 Å². The molecule has 1 aromatic rings. The molecule has 0 aliphatic carbocycles. The van der Waals surface area contributed by atoms with E-state index in [-0.39, 0.29) is 18.7 Å². The van der Waals surface area contributed by atoms with Crippen LogP contribution in [0.1, 0.15) is 37.7 Å². The van der Waals surface area contributed by atoms with Crippen molar-refractivity contribution in [1.82, 2.24) is 5.32 Å². The number of carbonyl (C=O) groups excluding carboxylic acids is 3. The van der Waals surface area contributed by atoms with Crippen LogP contribution >= 0.6 is 0 Å². The van der Waals surface area contributed by atoms with E-state index in [1.165, 1.54) is 24.3 Å². The molecular formula is C18H23N3O7. The van der Waals surface area contributed by atoms with Crippen molar-refractivity contribution in [3.63, 3.8) is 0 Å². The smallest absolute Gasteiger partial charge is 0.306 e. The van der Waals surface area contributed by atoms with Crippen LogP contribution in [-0.2, 0) is 23.9 Å². The summed E-state index contributed by atoms with van der Waals surface area (Å²) in [6.45, 7) is 2.24. The van der Waals surface area contributed by atoms with Crippen LogP contribution in [-0.4, -0.2) is 48.1 Å². The maximum Gasteiger partial charge on any atom is 0.306 e. The monoisotopic (exact) mass is 393 g/mol. The highest BCUT2D eigenvalue weighted by molar-refractivity contribution is 5.90. The van der Waals surface area contributed by atoms with Gasteiger partial charge in [-0.2, -0.15) is 0 Å². The molecule has 2 rings (SSSR count). The minimum absolute atomic E-state index is 0.141. The molecule has 0 unspecified atom stereocenters. The Morgan fingerprint density at radius 3 is 2.54 bits per heavy atom. The predicted octanol–water partition coefficient (Wildman–Crippen LogP) is 0.781. The molecule has 1 aromatic carbocycles. The van der Waals surface area contributed by atoms with Crippen LogP contribution in [0, 0.1) is 10.1 Å². The van der Waals surface area contributed by atoms with Crippen LogP contribution in [0.3, 0.4) is 0 Å². The Bertz CT molecular complexity index is 729. The normalized spacial score (nSPS) is 18.1. The zero-order valence-electron chi connectivity index (χ0n) is 15.5. The second-order valence-electron chi connectivity index (χ2n) is 6.35. The average molecular weight is 393 g/mol. The number of rotatable bonds is 9. The fourth-order valence-electron chi connectivity index (χ4n) is 3.07. The molecule has 28 heavy (non-hydrogen) atoms. The third-order valence-corrected chi connectivity index (χ3v) is 4.45. The highest BCUT2D eigenvalue weighted by atomic mass is 16.6. The molecule has 2 amide bonds. The Labute approximate surface area is 161 Å². The molecular weight excluding hydrogens is 370 g/mol. The Balaban J connectivity index is 2.29. The molecule has 1 fully saturated rings. The fraction of sp³-hybridized carbons (Fsp3) is 0.500. The van der Waals surface area contributed by atoms with E-state index in [0.29, 0.717) is 18.6 Å². The molecule has 0 aromatic heterocycles. The first kappa shape index (κ1) is 21.3. The highest BCUT2D eigenvalue weighted by Gasteiger charge is 2.34. The summed E-state index contributed by atoms with van der Waals surface area (Å²) in [6.07, 6.45) is 0.345. The number of amides is 2. The Kier molecular flexibility index (Phi) is 7.44. The number of nitro groups is 1. The Morgan fingerprint density at radius 1 is 1.36 bits per heavy atom. The third-order valence-electron chi connectivity index (χ3n) is 4.45. The standard InChI is InChI=1S/C18H23N3O7/c1-2-27-15(22)10-13(11-5-7-12(8-6-11)21(25)26)16(17(19)23)20-18(24)14-4-3-9-28-14/h5-8,13-14,16H,2-4,9-10H2,1H3,(H2,19,23)(H,20,24)/t13-,14+,16+/m0/s1. The van der Waals surface area contributed by atoms with E-state index < -0.39 is 40.8 Å². The van der Waals surface area contributed by atoms with Gasteiger partial charge in [0.2, 0.25) is 11.8 Å². The molecule has 0 spiro atoms. The number of ether oxygens (including phenoxy) is 2. The van der Waals surface area contributed by atoms with E-state index in [0.717, 1.165) is 6.42 Å². The van der Waals surface area contributed by atoms with Crippen LogP contribution < -0.4 is 11.1 Å². The van der Waals surface area contributed by atoms with Gasteiger partial charge in [-0.1, -0.05) is 12.1 Å². The first-order valence-electron chi connectivity index (χ1n) is 8.94. The second-order valence-corrected chi connectivity index (χ2v) is 6.35. The van der Waals surface area contributed by atoms with Crippen molar-refractivity contribution in [2.75, 3.05) is 13.2 Å². The molecule has 1 heterocycles. The van der Waals surface area contributed by atoms with Gasteiger partial charge in [-0.3, -0.25) is 24.5 Å². The molecule has 0 radical (unpaired) electrons. The molecule has 1 aliphatic rings. The zero-order valence-corrected chi connectivity index (χ0v) is 15.5. The van der Waals surface area contributed by atoms with E-state index >= 15 is 0 Å². The second kappa shape index (κ2) is 9.79. The maximum absolute atomic E-state index is 12.4. The first-order chi connectivity index (χ1) is 13.3. The molecule has 1 saturated heterocycles. The molecule has 10 nitrogen and oxygen atoms in total. The van der Waals surface area contributed by atoms with Crippen LogP contribution in [0.15, 0.2) is 24.3 Å². The lowest BCUT2D eigenvalue weighted by molar-refractivity contribution is -0.384. The van der Waals surface area contributed by atoms with Crippen molar-refractivity contribution >= 4 is 23.5 Å². The molecule has 152 valence electrons. The number of hydrogen-bond acceptors (Lipinski definition) is 7. The van der Waals surface area contributed by atoms with E-state index in [9.17, 15) is 24.5 Å². The summed E-state index contributed by atoms with van der Waals surface area (Å²) < 4.78 is 10.3. The SMILES string of the molecule is CCOC(=O)C[C@@H](c1ccc([N+](=O)[O-])cc1)[C@@H](NC(=O)[C@H]1CCCO1)C(N)=O. The van der Waals surface area contributed by atoms with Crippen molar-refractivity contribution in [3.8, 4) is 0 Å². The van der Waals surface area contributed by atoms with Crippen molar-refractivity contribution in [2.24, 2.45) is 5.73 Å². The number of nitro benzene ring substituents is 1. The number of carbonyl (C=O) groups is 3. The summed E-state index contributed by atoms with van der Waals surface area (Å²) in [7, 11) is 0. The van der Waals surface area contributed by atoms with Crippen molar-refractivity contribution < 1.29 is 28.8 Å². The Morgan fingerprint density at radius 2 is 2.04 bits per heavy atom. The lowest BCUT2D eigenvalue weighted by Gasteiger charge is -2.26. The molecule has 0 bridgehead atoms. The molecule has 0 saturated carbocycles. The summed E-state index contributed by atoms with van der Waals surface area (Å²) in [6, 6.07) is 4.16. The topological polar surface area (TPSA) is 151 Å². The number of nitrogens with one attached hydrogen (secondary N) is 1. The number of nitrogens with zero attached hydrogens (tertiary/aromatic N) is 1. The van der Waals surface area contributed by atoms with Crippen LogP contribution in [0.4, 0.5) is 5.69 Å². The van der Waals surface area contributed by atoms with E-state index in [4.69, 9.17) is 15.2 Å². The number of benzene rings is 1. The van der Waals surface area contributed by atoms with Gasteiger partial charge in [0.1, 0.15) is 12.1 Å². The summed E-state index contributed by atoms with van der Waals surface area (Å²) in [4.78, 5) is 46.8. The quantitative estimate of drug-likeness (QED) is 0.357. The summed E-state index contributed by atoms with van der Waals surface area (Å²) in [5, 5.41) is 13.4. The maximum atomic E-state index is 12.4. The summed E-state index contributed by atoms with van der Waals surface area (Å²) in [5.74, 6) is -2.75. The summed E-state index contributed by atoms with van der Waals surface area (Å²) in [5.41, 5.74) is 5.79. The minimum atomic E-state index is -1.21. The van der Waals surface area contributed by atoms with Gasteiger partial charge < -0.3 is 20.5 Å². The van der Waals surface area contributed by atoms with Gasteiger partial charge in [0, 0.05) is 24.7 Å². The van der Waals surface area contributed by atoms with Crippen molar-refractivity contribution in [2.45, 2.75) is 44.2 Å². The lowest BCUT2D eigenvalue weighted by Crippen LogP contribution is -2.51. The summed E-state index contributed by atoms with van der Waals surface area (Å²) >= 11 is 0.